The molecule has 5 nitrogen and oxygen atoms in total. The minimum absolute atomic E-state index is 0.0688. The van der Waals surface area contributed by atoms with Gasteiger partial charge in [0.1, 0.15) is 5.54 Å². The maximum Gasteiger partial charge on any atom is 0.325 e. The lowest BCUT2D eigenvalue weighted by atomic mass is 9.95. The average Bonchev–Trinajstić information content (AvgIpc) is 2.51. The summed E-state index contributed by atoms with van der Waals surface area (Å²) in [5.74, 6) is -0.342. The van der Waals surface area contributed by atoms with E-state index in [2.05, 4.69) is 5.32 Å². The maximum absolute atomic E-state index is 12.2. The first kappa shape index (κ1) is 14.7. The zero-order chi connectivity index (χ0) is 13.8. The number of hydrogen-bond donors (Lipinski definition) is 1. The minimum Gasteiger partial charge on any atom is -0.323 e. The quantitative estimate of drug-likeness (QED) is 0.705. The van der Waals surface area contributed by atoms with Crippen molar-refractivity contribution in [2.24, 2.45) is 0 Å². The molecule has 0 bridgehead atoms. The van der Waals surface area contributed by atoms with Crippen LogP contribution in [0.15, 0.2) is 0 Å². The number of hydrogen-bond acceptors (Lipinski definition) is 3. The third kappa shape index (κ3) is 3.09. The van der Waals surface area contributed by atoms with E-state index in [0.29, 0.717) is 12.8 Å². The summed E-state index contributed by atoms with van der Waals surface area (Å²) in [6.07, 6.45) is 3.59. The Kier molecular flexibility index (Phi) is 4.87. The summed E-state index contributed by atoms with van der Waals surface area (Å²) in [6, 6.07) is -0.442. The summed E-state index contributed by atoms with van der Waals surface area (Å²) in [4.78, 5) is 36.5. The molecule has 1 aliphatic rings. The molecule has 1 rings (SSSR count). The second-order valence-corrected chi connectivity index (χ2v) is 5.05. The molecular weight excluding hydrogens is 232 g/mol. The number of Topliss-reactive ketones (excluding diaryl/α,β-unsaturated/α-hetero) is 1. The summed E-state index contributed by atoms with van der Waals surface area (Å²) in [6.45, 7) is 5.57. The van der Waals surface area contributed by atoms with Gasteiger partial charge in [-0.1, -0.05) is 26.7 Å². The summed E-state index contributed by atoms with van der Waals surface area (Å²) >= 11 is 0. The average molecular weight is 254 g/mol. The topological polar surface area (TPSA) is 66.5 Å². The minimum atomic E-state index is -0.834. The monoisotopic (exact) mass is 254 g/mol. The van der Waals surface area contributed by atoms with E-state index in [1.165, 1.54) is 0 Å². The first-order valence-electron chi connectivity index (χ1n) is 6.60. The molecule has 1 N–H and O–H groups in total. The van der Waals surface area contributed by atoms with Crippen molar-refractivity contribution in [3.8, 4) is 0 Å². The standard InChI is InChI=1S/C13H22N2O3/c1-4-6-8-13(3)11(17)15(12(18)14-13)9-10(16)7-5-2/h4-9H2,1-3H3,(H,14,18). The van der Waals surface area contributed by atoms with Gasteiger partial charge in [0.05, 0.1) is 6.54 Å². The number of imide groups is 1. The smallest absolute Gasteiger partial charge is 0.323 e. The molecule has 1 heterocycles. The Morgan fingerprint density at radius 1 is 1.28 bits per heavy atom. The molecule has 0 radical (unpaired) electrons. The lowest BCUT2D eigenvalue weighted by Crippen LogP contribution is -2.44. The molecule has 1 fully saturated rings. The molecule has 0 aromatic carbocycles. The van der Waals surface area contributed by atoms with E-state index in [1.807, 2.05) is 13.8 Å². The second-order valence-electron chi connectivity index (χ2n) is 5.05. The van der Waals surface area contributed by atoms with E-state index < -0.39 is 11.6 Å². The lowest BCUT2D eigenvalue weighted by molar-refractivity contribution is -0.134. The van der Waals surface area contributed by atoms with Crippen molar-refractivity contribution < 1.29 is 14.4 Å². The van der Waals surface area contributed by atoms with Crippen LogP contribution < -0.4 is 5.32 Å². The van der Waals surface area contributed by atoms with Gasteiger partial charge in [0, 0.05) is 6.42 Å². The fourth-order valence-corrected chi connectivity index (χ4v) is 2.12. The van der Waals surface area contributed by atoms with Gasteiger partial charge >= 0.3 is 6.03 Å². The van der Waals surface area contributed by atoms with Gasteiger partial charge in [-0.25, -0.2) is 4.79 Å². The number of carbonyl (C=O) groups excluding carboxylic acids is 3. The SMILES string of the molecule is CCCCC1(C)NC(=O)N(CC(=O)CCC)C1=O. The van der Waals surface area contributed by atoms with Crippen LogP contribution in [-0.2, 0) is 9.59 Å². The van der Waals surface area contributed by atoms with Crippen molar-refractivity contribution >= 4 is 17.7 Å². The number of amides is 3. The van der Waals surface area contributed by atoms with Crippen molar-refractivity contribution in [2.45, 2.75) is 58.4 Å². The zero-order valence-corrected chi connectivity index (χ0v) is 11.4. The third-order valence-corrected chi connectivity index (χ3v) is 3.24. The van der Waals surface area contributed by atoms with Crippen LogP contribution in [0.5, 0.6) is 0 Å². The van der Waals surface area contributed by atoms with Gasteiger partial charge < -0.3 is 5.32 Å². The summed E-state index contributed by atoms with van der Waals surface area (Å²) in [5, 5.41) is 2.70. The Labute approximate surface area is 108 Å². The molecule has 0 spiro atoms. The Hall–Kier alpha value is -1.39. The largest absolute Gasteiger partial charge is 0.325 e. The Balaban J connectivity index is 2.69. The van der Waals surface area contributed by atoms with Gasteiger partial charge in [-0.15, -0.1) is 0 Å². The van der Waals surface area contributed by atoms with Crippen LogP contribution >= 0.6 is 0 Å². The number of nitrogens with one attached hydrogen (secondary N) is 1. The second kappa shape index (κ2) is 5.98. The molecule has 0 saturated carbocycles. The maximum atomic E-state index is 12.2. The Morgan fingerprint density at radius 3 is 2.50 bits per heavy atom. The molecule has 0 aliphatic carbocycles. The highest BCUT2D eigenvalue weighted by Gasteiger charge is 2.47. The highest BCUT2D eigenvalue weighted by Crippen LogP contribution is 2.23. The van der Waals surface area contributed by atoms with Gasteiger partial charge in [-0.2, -0.15) is 0 Å². The number of rotatable bonds is 7. The number of urea groups is 1. The number of nitrogens with zero attached hydrogens (tertiary/aromatic N) is 1. The number of ketones is 1. The van der Waals surface area contributed by atoms with Crippen LogP contribution in [0.2, 0.25) is 0 Å². The van der Waals surface area contributed by atoms with Gasteiger partial charge in [-0.3, -0.25) is 14.5 Å². The van der Waals surface area contributed by atoms with Gasteiger partial charge in [0.2, 0.25) is 0 Å². The summed E-state index contributed by atoms with van der Waals surface area (Å²) in [5.41, 5.74) is -0.834. The normalized spacial score (nSPS) is 23.4. The Bertz CT molecular complexity index is 354. The van der Waals surface area contributed by atoms with Gasteiger partial charge in [0.15, 0.2) is 5.78 Å². The van der Waals surface area contributed by atoms with Crippen molar-refractivity contribution in [3.05, 3.63) is 0 Å². The molecule has 1 atom stereocenters. The van der Waals surface area contributed by atoms with Crippen molar-refractivity contribution in [1.29, 1.82) is 0 Å². The third-order valence-electron chi connectivity index (χ3n) is 3.24. The van der Waals surface area contributed by atoms with Crippen molar-refractivity contribution in [2.75, 3.05) is 6.54 Å². The highest BCUT2D eigenvalue weighted by molar-refractivity contribution is 6.08. The van der Waals surface area contributed by atoms with Crippen molar-refractivity contribution in [1.82, 2.24) is 10.2 Å². The van der Waals surface area contributed by atoms with Crippen LogP contribution in [-0.4, -0.2) is 34.7 Å². The van der Waals surface area contributed by atoms with Gasteiger partial charge in [-0.05, 0) is 19.8 Å². The zero-order valence-electron chi connectivity index (χ0n) is 11.4. The molecule has 102 valence electrons. The van der Waals surface area contributed by atoms with E-state index in [0.717, 1.165) is 24.2 Å². The molecule has 1 unspecified atom stereocenters. The molecule has 1 saturated heterocycles. The number of unbranched alkanes of at least 4 members (excludes halogenated alkanes) is 1. The van der Waals surface area contributed by atoms with E-state index in [1.54, 1.807) is 6.92 Å². The van der Waals surface area contributed by atoms with Crippen LogP contribution in [0.4, 0.5) is 4.79 Å². The van der Waals surface area contributed by atoms with Crippen LogP contribution in [0, 0.1) is 0 Å². The van der Waals surface area contributed by atoms with E-state index >= 15 is 0 Å². The molecule has 0 aromatic heterocycles. The molecule has 1 aliphatic heterocycles. The molecule has 5 heteroatoms. The van der Waals surface area contributed by atoms with Gasteiger partial charge in [0.25, 0.3) is 5.91 Å². The molecule has 0 aromatic rings. The van der Waals surface area contributed by atoms with Crippen LogP contribution in [0.1, 0.15) is 52.9 Å². The number of carbonyl (C=O) groups is 3. The molecule has 3 amide bonds. The van der Waals surface area contributed by atoms with E-state index in [4.69, 9.17) is 0 Å². The fourth-order valence-electron chi connectivity index (χ4n) is 2.12. The summed E-state index contributed by atoms with van der Waals surface area (Å²) in [7, 11) is 0. The predicted molar refractivity (Wildman–Crippen MR) is 68.1 cm³/mol. The molecule has 18 heavy (non-hydrogen) atoms. The van der Waals surface area contributed by atoms with Crippen LogP contribution in [0.3, 0.4) is 0 Å². The van der Waals surface area contributed by atoms with Crippen LogP contribution in [0.25, 0.3) is 0 Å². The van der Waals surface area contributed by atoms with E-state index in [-0.39, 0.29) is 18.2 Å². The first-order chi connectivity index (χ1) is 8.44. The predicted octanol–water partition coefficient (Wildman–Crippen LogP) is 1.86. The highest BCUT2D eigenvalue weighted by atomic mass is 16.2. The molecular formula is C13H22N2O3. The fraction of sp³-hybridized carbons (Fsp3) is 0.769. The first-order valence-corrected chi connectivity index (χ1v) is 6.60. The van der Waals surface area contributed by atoms with E-state index in [9.17, 15) is 14.4 Å². The summed E-state index contributed by atoms with van der Waals surface area (Å²) < 4.78 is 0. The van der Waals surface area contributed by atoms with Crippen molar-refractivity contribution in [3.63, 3.8) is 0 Å². The lowest BCUT2D eigenvalue weighted by Gasteiger charge is -2.21. The Morgan fingerprint density at radius 2 is 1.94 bits per heavy atom.